The molecule has 2 amide bonds. The maximum Gasteiger partial charge on any atom is 0.252 e. The summed E-state index contributed by atoms with van der Waals surface area (Å²) in [5.74, 6) is -0.321. The fraction of sp³-hybridized carbons (Fsp3) is 0.368. The molecular formula is C19H19N5O3S. The van der Waals surface area contributed by atoms with Crippen molar-refractivity contribution in [2.45, 2.75) is 37.6 Å². The molecule has 0 radical (unpaired) electrons. The fourth-order valence-electron chi connectivity index (χ4n) is 3.66. The zero-order chi connectivity index (χ0) is 19.1. The second kappa shape index (κ2) is 6.99. The number of hydrogen-bond acceptors (Lipinski definition) is 6. The normalized spacial score (nSPS) is 22.6. The van der Waals surface area contributed by atoms with Gasteiger partial charge in [0.25, 0.3) is 5.91 Å². The Hall–Kier alpha value is -2.78. The third-order valence-electron chi connectivity index (χ3n) is 5.07. The van der Waals surface area contributed by atoms with Gasteiger partial charge >= 0.3 is 0 Å². The van der Waals surface area contributed by atoms with Gasteiger partial charge in [0.2, 0.25) is 5.91 Å². The van der Waals surface area contributed by atoms with E-state index in [9.17, 15) is 9.59 Å². The van der Waals surface area contributed by atoms with Gasteiger partial charge in [-0.25, -0.2) is 4.98 Å². The molecule has 0 spiro atoms. The second-order valence-electron chi connectivity index (χ2n) is 7.04. The van der Waals surface area contributed by atoms with Crippen LogP contribution in [-0.4, -0.2) is 49.8 Å². The van der Waals surface area contributed by atoms with Gasteiger partial charge in [-0.15, -0.1) is 11.3 Å². The number of nitrogens with one attached hydrogen (secondary N) is 1. The molecule has 144 valence electrons. The molecule has 1 aliphatic heterocycles. The highest BCUT2D eigenvalue weighted by Gasteiger charge is 2.47. The fourth-order valence-corrected chi connectivity index (χ4v) is 4.38. The number of imidazole rings is 1. The number of carbonyl (C=O) groups excluding carboxylic acids is 2. The van der Waals surface area contributed by atoms with E-state index in [1.807, 2.05) is 39.2 Å². The number of rotatable bonds is 5. The lowest BCUT2D eigenvalue weighted by Crippen LogP contribution is -2.55. The first kappa shape index (κ1) is 17.3. The summed E-state index contributed by atoms with van der Waals surface area (Å²) in [5, 5.41) is 4.88. The van der Waals surface area contributed by atoms with E-state index >= 15 is 0 Å². The third-order valence-corrected chi connectivity index (χ3v) is 5.84. The van der Waals surface area contributed by atoms with Gasteiger partial charge in [0.15, 0.2) is 11.1 Å². The van der Waals surface area contributed by atoms with E-state index in [-0.39, 0.29) is 24.5 Å². The SMILES string of the molecule is O=C(NCc1cn2ccsc2n1)[C@H]1OCC(=O)N(C2CC2)[C@@H]1c1cccnc1. The molecule has 3 aromatic rings. The van der Waals surface area contributed by atoms with Crippen LogP contribution < -0.4 is 5.32 Å². The number of amides is 2. The molecule has 0 unspecified atom stereocenters. The first-order valence-electron chi connectivity index (χ1n) is 9.22. The quantitative estimate of drug-likeness (QED) is 0.706. The van der Waals surface area contributed by atoms with Crippen molar-refractivity contribution in [1.82, 2.24) is 24.6 Å². The summed E-state index contributed by atoms with van der Waals surface area (Å²) in [4.78, 5) is 36.8. The minimum Gasteiger partial charge on any atom is -0.356 e. The van der Waals surface area contributed by atoms with E-state index in [0.717, 1.165) is 29.1 Å². The van der Waals surface area contributed by atoms with Gasteiger partial charge in [-0.1, -0.05) is 6.07 Å². The minimum atomic E-state index is -0.772. The number of hydrogen-bond donors (Lipinski definition) is 1. The lowest BCUT2D eigenvalue weighted by molar-refractivity contribution is -0.165. The number of aromatic nitrogens is 3. The molecule has 2 atom stereocenters. The number of pyridine rings is 1. The summed E-state index contributed by atoms with van der Waals surface area (Å²) in [7, 11) is 0. The number of thiazole rings is 1. The summed E-state index contributed by atoms with van der Waals surface area (Å²) in [5.41, 5.74) is 1.59. The molecule has 5 rings (SSSR count). The molecular weight excluding hydrogens is 378 g/mol. The molecule has 1 aliphatic carbocycles. The highest BCUT2D eigenvalue weighted by atomic mass is 32.1. The molecule has 1 saturated carbocycles. The topological polar surface area (TPSA) is 88.8 Å². The average molecular weight is 397 g/mol. The standard InChI is InChI=1S/C19H19N5O3S/c25-15-11-27-17(16(24(15)14-3-4-14)12-2-1-5-20-8-12)18(26)21-9-13-10-23-6-7-28-19(23)22-13/h1-2,5-8,10,14,16-17H,3-4,9,11H2,(H,21,26)/t16-,17+/m1/s1. The molecule has 9 heteroatoms. The van der Waals surface area contributed by atoms with Crippen molar-refractivity contribution < 1.29 is 14.3 Å². The van der Waals surface area contributed by atoms with E-state index in [4.69, 9.17) is 4.74 Å². The first-order valence-corrected chi connectivity index (χ1v) is 10.1. The summed E-state index contributed by atoms with van der Waals surface area (Å²) >= 11 is 1.54. The molecule has 0 aromatic carbocycles. The van der Waals surface area contributed by atoms with E-state index in [2.05, 4.69) is 15.3 Å². The van der Waals surface area contributed by atoms with Crippen molar-refractivity contribution in [2.24, 2.45) is 0 Å². The van der Waals surface area contributed by atoms with Crippen molar-refractivity contribution in [3.63, 3.8) is 0 Å². The van der Waals surface area contributed by atoms with Crippen LogP contribution >= 0.6 is 11.3 Å². The van der Waals surface area contributed by atoms with Crippen LogP contribution in [0.5, 0.6) is 0 Å². The van der Waals surface area contributed by atoms with Crippen LogP contribution in [0, 0.1) is 0 Å². The van der Waals surface area contributed by atoms with Gasteiger partial charge in [-0.05, 0) is 24.5 Å². The Kier molecular flexibility index (Phi) is 4.33. The van der Waals surface area contributed by atoms with E-state index < -0.39 is 12.1 Å². The number of fused-ring (bicyclic) bond motifs is 1. The van der Waals surface area contributed by atoms with Gasteiger partial charge < -0.3 is 15.0 Å². The Balaban J connectivity index is 1.37. The molecule has 28 heavy (non-hydrogen) atoms. The Morgan fingerprint density at radius 2 is 2.29 bits per heavy atom. The third kappa shape index (κ3) is 3.16. The van der Waals surface area contributed by atoms with E-state index in [1.165, 1.54) is 0 Å². The number of carbonyl (C=O) groups is 2. The molecule has 8 nitrogen and oxygen atoms in total. The molecule has 4 heterocycles. The molecule has 2 aliphatic rings. The molecule has 1 saturated heterocycles. The Bertz CT molecular complexity index is 984. The average Bonchev–Trinajstić information content (AvgIpc) is 3.33. The van der Waals surface area contributed by atoms with Gasteiger partial charge in [0, 0.05) is 36.2 Å². The van der Waals surface area contributed by atoms with Crippen LogP contribution in [-0.2, 0) is 20.9 Å². The minimum absolute atomic E-state index is 0.0743. The van der Waals surface area contributed by atoms with Crippen LogP contribution in [0.2, 0.25) is 0 Å². The van der Waals surface area contributed by atoms with Crippen LogP contribution in [0.4, 0.5) is 0 Å². The zero-order valence-corrected chi connectivity index (χ0v) is 15.8. The van der Waals surface area contributed by atoms with Crippen LogP contribution in [0.1, 0.15) is 30.1 Å². The summed E-state index contributed by atoms with van der Waals surface area (Å²) in [6.07, 6.45) is 8.35. The van der Waals surface area contributed by atoms with Gasteiger partial charge in [0.05, 0.1) is 18.3 Å². The molecule has 2 fully saturated rings. The second-order valence-corrected chi connectivity index (χ2v) is 7.91. The van der Waals surface area contributed by atoms with E-state index in [1.54, 1.807) is 23.7 Å². The van der Waals surface area contributed by atoms with Crippen LogP contribution in [0.25, 0.3) is 4.96 Å². The Morgan fingerprint density at radius 3 is 3.04 bits per heavy atom. The van der Waals surface area contributed by atoms with Gasteiger partial charge in [0.1, 0.15) is 6.61 Å². The predicted molar refractivity (Wildman–Crippen MR) is 102 cm³/mol. The lowest BCUT2D eigenvalue weighted by atomic mass is 9.98. The van der Waals surface area contributed by atoms with Crippen molar-refractivity contribution in [3.05, 3.63) is 53.6 Å². The zero-order valence-electron chi connectivity index (χ0n) is 15.0. The molecule has 3 aromatic heterocycles. The largest absolute Gasteiger partial charge is 0.356 e. The van der Waals surface area contributed by atoms with E-state index in [0.29, 0.717) is 6.54 Å². The summed E-state index contributed by atoms with van der Waals surface area (Å²) in [6.45, 7) is 0.232. The smallest absolute Gasteiger partial charge is 0.252 e. The Morgan fingerprint density at radius 1 is 1.39 bits per heavy atom. The first-order chi connectivity index (χ1) is 13.7. The van der Waals surface area contributed by atoms with Gasteiger partial charge in [-0.2, -0.15) is 0 Å². The number of ether oxygens (including phenoxy) is 1. The van der Waals surface area contributed by atoms with Crippen molar-refractivity contribution >= 4 is 28.1 Å². The predicted octanol–water partition coefficient (Wildman–Crippen LogP) is 1.54. The van der Waals surface area contributed by atoms with Gasteiger partial charge in [-0.3, -0.25) is 19.0 Å². The highest BCUT2D eigenvalue weighted by molar-refractivity contribution is 7.15. The summed E-state index contributed by atoms with van der Waals surface area (Å²) < 4.78 is 7.63. The van der Waals surface area contributed by atoms with Crippen molar-refractivity contribution in [2.75, 3.05) is 6.61 Å². The number of morpholine rings is 1. The lowest BCUT2D eigenvalue weighted by Gasteiger charge is -2.40. The molecule has 0 bridgehead atoms. The molecule has 1 N–H and O–H groups in total. The maximum atomic E-state index is 13.0. The van der Waals surface area contributed by atoms with Crippen molar-refractivity contribution in [3.8, 4) is 0 Å². The van der Waals surface area contributed by atoms with Crippen LogP contribution in [0.15, 0.2) is 42.3 Å². The van der Waals surface area contributed by atoms with Crippen LogP contribution in [0.3, 0.4) is 0 Å². The highest BCUT2D eigenvalue weighted by Crippen LogP contribution is 2.39. The Labute approximate surface area is 165 Å². The summed E-state index contributed by atoms with van der Waals surface area (Å²) in [6, 6.07) is 3.41. The van der Waals surface area contributed by atoms with Crippen molar-refractivity contribution in [1.29, 1.82) is 0 Å². The maximum absolute atomic E-state index is 13.0. The monoisotopic (exact) mass is 397 g/mol. The number of nitrogens with zero attached hydrogens (tertiary/aromatic N) is 4.